The first-order chi connectivity index (χ1) is 11.7. The van der Waals surface area contributed by atoms with Crippen LogP contribution in [0.3, 0.4) is 0 Å². The molecular weight excluding hydrogens is 308 g/mol. The SMILES string of the molecule is O=C1CC(Cc2cccnc2)C(=O)N1Cc1nc(CC2CC2)no1. The predicted molar refractivity (Wildman–Crippen MR) is 82.3 cm³/mol. The molecule has 2 aromatic heterocycles. The van der Waals surface area contributed by atoms with Gasteiger partial charge in [0.1, 0.15) is 6.54 Å². The van der Waals surface area contributed by atoms with E-state index in [2.05, 4.69) is 15.1 Å². The van der Waals surface area contributed by atoms with Crippen molar-refractivity contribution in [1.82, 2.24) is 20.0 Å². The number of amides is 2. The van der Waals surface area contributed by atoms with Gasteiger partial charge in [0, 0.05) is 25.2 Å². The highest BCUT2D eigenvalue weighted by atomic mass is 16.5. The smallest absolute Gasteiger partial charge is 0.246 e. The Hall–Kier alpha value is -2.57. The molecule has 24 heavy (non-hydrogen) atoms. The lowest BCUT2D eigenvalue weighted by Gasteiger charge is -2.12. The molecule has 0 radical (unpaired) electrons. The van der Waals surface area contributed by atoms with Crippen LogP contribution in [0.2, 0.25) is 0 Å². The summed E-state index contributed by atoms with van der Waals surface area (Å²) in [4.78, 5) is 34.3. The van der Waals surface area contributed by atoms with Crippen molar-refractivity contribution in [2.75, 3.05) is 0 Å². The van der Waals surface area contributed by atoms with Crippen LogP contribution >= 0.6 is 0 Å². The van der Waals surface area contributed by atoms with E-state index < -0.39 is 0 Å². The third-order valence-electron chi connectivity index (χ3n) is 4.51. The molecule has 7 heteroatoms. The van der Waals surface area contributed by atoms with E-state index in [0.717, 1.165) is 12.0 Å². The highest BCUT2D eigenvalue weighted by Gasteiger charge is 2.39. The Morgan fingerprint density at radius 3 is 2.88 bits per heavy atom. The van der Waals surface area contributed by atoms with E-state index in [1.165, 1.54) is 17.7 Å². The standard InChI is InChI=1S/C17H18N4O3/c22-16-8-13(6-12-2-1-5-18-9-12)17(23)21(16)10-15-19-14(20-24-15)7-11-3-4-11/h1-2,5,9,11,13H,3-4,6-8,10H2. The number of carbonyl (C=O) groups is 2. The molecule has 1 atom stereocenters. The molecular formula is C17H18N4O3. The Morgan fingerprint density at radius 1 is 1.25 bits per heavy atom. The van der Waals surface area contributed by atoms with E-state index in [4.69, 9.17) is 4.52 Å². The maximum atomic E-state index is 12.5. The Kier molecular flexibility index (Phi) is 3.84. The Bertz CT molecular complexity index is 754. The Morgan fingerprint density at radius 2 is 2.12 bits per heavy atom. The summed E-state index contributed by atoms with van der Waals surface area (Å²) in [7, 11) is 0. The van der Waals surface area contributed by atoms with Crippen LogP contribution < -0.4 is 0 Å². The van der Waals surface area contributed by atoms with Gasteiger partial charge < -0.3 is 4.52 Å². The largest absolute Gasteiger partial charge is 0.337 e. The molecule has 1 aliphatic heterocycles. The van der Waals surface area contributed by atoms with Crippen LogP contribution in [0.15, 0.2) is 29.0 Å². The van der Waals surface area contributed by atoms with Crippen molar-refractivity contribution in [3.8, 4) is 0 Å². The van der Waals surface area contributed by atoms with Crippen LogP contribution in [-0.2, 0) is 29.0 Å². The molecule has 7 nitrogen and oxygen atoms in total. The van der Waals surface area contributed by atoms with Gasteiger partial charge in [-0.2, -0.15) is 4.98 Å². The monoisotopic (exact) mass is 326 g/mol. The first kappa shape index (κ1) is 15.0. The fourth-order valence-corrected chi connectivity index (χ4v) is 3.03. The molecule has 1 saturated carbocycles. The van der Waals surface area contributed by atoms with Gasteiger partial charge in [-0.3, -0.25) is 19.5 Å². The van der Waals surface area contributed by atoms with E-state index in [9.17, 15) is 9.59 Å². The zero-order chi connectivity index (χ0) is 16.5. The number of likely N-dealkylation sites (tertiary alicyclic amines) is 1. The third kappa shape index (κ3) is 3.20. The number of rotatable bonds is 6. The summed E-state index contributed by atoms with van der Waals surface area (Å²) in [5.74, 6) is 0.958. The Balaban J connectivity index is 1.40. The van der Waals surface area contributed by atoms with Crippen LogP contribution in [0.5, 0.6) is 0 Å². The predicted octanol–water partition coefficient (Wildman–Crippen LogP) is 1.53. The van der Waals surface area contributed by atoms with Gasteiger partial charge in [-0.1, -0.05) is 11.2 Å². The highest BCUT2D eigenvalue weighted by Crippen LogP contribution is 2.32. The molecule has 2 amide bonds. The van der Waals surface area contributed by atoms with Gasteiger partial charge in [0.05, 0.1) is 5.92 Å². The summed E-state index contributed by atoms with van der Waals surface area (Å²) < 4.78 is 5.19. The van der Waals surface area contributed by atoms with Gasteiger partial charge in [0.25, 0.3) is 0 Å². The van der Waals surface area contributed by atoms with Gasteiger partial charge in [-0.05, 0) is 36.8 Å². The normalized spacial score (nSPS) is 20.8. The van der Waals surface area contributed by atoms with Crippen LogP contribution in [-0.4, -0.2) is 31.8 Å². The van der Waals surface area contributed by atoms with E-state index in [1.54, 1.807) is 12.4 Å². The minimum atomic E-state index is -0.337. The maximum Gasteiger partial charge on any atom is 0.246 e. The van der Waals surface area contributed by atoms with Gasteiger partial charge in [0.2, 0.25) is 17.7 Å². The van der Waals surface area contributed by atoms with Crippen molar-refractivity contribution in [3.05, 3.63) is 41.8 Å². The minimum Gasteiger partial charge on any atom is -0.337 e. The van der Waals surface area contributed by atoms with E-state index >= 15 is 0 Å². The molecule has 1 aliphatic carbocycles. The van der Waals surface area contributed by atoms with Gasteiger partial charge in [-0.25, -0.2) is 0 Å². The molecule has 124 valence electrons. The van der Waals surface area contributed by atoms with Crippen molar-refractivity contribution in [3.63, 3.8) is 0 Å². The van der Waals surface area contributed by atoms with Crippen molar-refractivity contribution in [2.45, 2.75) is 38.6 Å². The van der Waals surface area contributed by atoms with Crippen LogP contribution in [0.25, 0.3) is 0 Å². The molecule has 3 heterocycles. The molecule has 2 aromatic rings. The van der Waals surface area contributed by atoms with Gasteiger partial charge in [0.15, 0.2) is 5.82 Å². The van der Waals surface area contributed by atoms with Crippen LogP contribution in [0.4, 0.5) is 0 Å². The number of aromatic nitrogens is 3. The molecule has 1 unspecified atom stereocenters. The summed E-state index contributed by atoms with van der Waals surface area (Å²) in [5, 5.41) is 3.93. The number of pyridine rings is 1. The topological polar surface area (TPSA) is 89.2 Å². The second-order valence-corrected chi connectivity index (χ2v) is 6.54. The number of hydrogen-bond donors (Lipinski definition) is 0. The van der Waals surface area contributed by atoms with Crippen LogP contribution in [0, 0.1) is 11.8 Å². The molecule has 0 bridgehead atoms. The van der Waals surface area contributed by atoms with Gasteiger partial charge in [-0.15, -0.1) is 0 Å². The number of hydrogen-bond acceptors (Lipinski definition) is 6. The van der Waals surface area contributed by atoms with Crippen LogP contribution in [0.1, 0.15) is 36.5 Å². The lowest BCUT2D eigenvalue weighted by atomic mass is 9.99. The molecule has 4 rings (SSSR count). The average Bonchev–Trinajstić information content (AvgIpc) is 3.22. The highest BCUT2D eigenvalue weighted by molar-refractivity contribution is 6.03. The number of imide groups is 1. The Labute approximate surface area is 139 Å². The minimum absolute atomic E-state index is 0.0683. The van der Waals surface area contributed by atoms with E-state index in [-0.39, 0.29) is 30.7 Å². The zero-order valence-electron chi connectivity index (χ0n) is 13.2. The van der Waals surface area contributed by atoms with E-state index in [1.807, 2.05) is 12.1 Å². The fraction of sp³-hybridized carbons (Fsp3) is 0.471. The summed E-state index contributed by atoms with van der Waals surface area (Å²) in [5.41, 5.74) is 0.954. The number of nitrogens with zero attached hydrogens (tertiary/aromatic N) is 4. The second-order valence-electron chi connectivity index (χ2n) is 6.54. The summed E-state index contributed by atoms with van der Waals surface area (Å²) in [6, 6.07) is 3.74. The zero-order valence-corrected chi connectivity index (χ0v) is 13.2. The van der Waals surface area contributed by atoms with Crippen molar-refractivity contribution < 1.29 is 14.1 Å². The molecule has 0 spiro atoms. The molecule has 2 fully saturated rings. The maximum absolute atomic E-state index is 12.5. The first-order valence-electron chi connectivity index (χ1n) is 8.23. The first-order valence-corrected chi connectivity index (χ1v) is 8.23. The average molecular weight is 326 g/mol. The quantitative estimate of drug-likeness (QED) is 0.748. The third-order valence-corrected chi connectivity index (χ3v) is 4.51. The molecule has 2 aliphatic rings. The van der Waals surface area contributed by atoms with Crippen molar-refractivity contribution >= 4 is 11.8 Å². The molecule has 1 saturated heterocycles. The number of carbonyl (C=O) groups excluding carboxylic acids is 2. The molecule has 0 aromatic carbocycles. The second kappa shape index (κ2) is 6.14. The summed E-state index contributed by atoms with van der Waals surface area (Å²) in [6.45, 7) is 0.0683. The summed E-state index contributed by atoms with van der Waals surface area (Å²) >= 11 is 0. The van der Waals surface area contributed by atoms with Crippen molar-refractivity contribution in [1.29, 1.82) is 0 Å². The lowest BCUT2D eigenvalue weighted by molar-refractivity contribution is -0.140. The summed E-state index contributed by atoms with van der Waals surface area (Å²) in [6.07, 6.45) is 7.39. The van der Waals surface area contributed by atoms with E-state index in [0.29, 0.717) is 24.1 Å². The lowest BCUT2D eigenvalue weighted by Crippen LogP contribution is -2.30. The molecule has 0 N–H and O–H groups in total. The van der Waals surface area contributed by atoms with Crippen molar-refractivity contribution in [2.24, 2.45) is 11.8 Å². The fourth-order valence-electron chi connectivity index (χ4n) is 3.03. The van der Waals surface area contributed by atoms with Gasteiger partial charge >= 0.3 is 0 Å².